The summed E-state index contributed by atoms with van der Waals surface area (Å²) in [5, 5.41) is 50.9. The molecule has 4 saturated heterocycles. The van der Waals surface area contributed by atoms with E-state index in [2.05, 4.69) is 75.8 Å². The molecule has 2 aliphatic carbocycles. The third-order valence-corrected chi connectivity index (χ3v) is 24.8. The maximum absolute atomic E-state index is 13.8. The molecule has 12 heterocycles. The number of aliphatic hydroxyl groups excluding tert-OH is 2. The van der Waals surface area contributed by atoms with Crippen LogP contribution in [0.4, 0.5) is 0 Å². The number of rotatable bonds is 22. The van der Waals surface area contributed by atoms with E-state index in [9.17, 15) is 62.6 Å². The second kappa shape index (κ2) is 47.7. The summed E-state index contributed by atoms with van der Waals surface area (Å²) in [6, 6.07) is 25.6. The number of ketones is 2. The molecule has 5 aromatic carbocycles. The number of carbonyl (C=O) groups excluding carboxylic acids is 11. The number of amides is 5. The number of H-pyrrole nitrogens is 3. The number of halogens is 1. The Morgan fingerprint density at radius 2 is 1.06 bits per heavy atom. The molecule has 39 nitrogen and oxygen atoms in total. The number of aliphatic hydroxyl groups is 2. The van der Waals surface area contributed by atoms with Crippen LogP contribution in [0.25, 0.3) is 59.7 Å². The fourth-order valence-corrected chi connectivity index (χ4v) is 18.5. The molecule has 0 bridgehead atoms. The predicted octanol–water partition coefficient (Wildman–Crippen LogP) is 5.54. The topological polar surface area (TPSA) is 578 Å². The maximum atomic E-state index is 13.8. The number of esters is 3. The van der Waals surface area contributed by atoms with Gasteiger partial charge in [0, 0.05) is 112 Å². The summed E-state index contributed by atoms with van der Waals surface area (Å²) in [5.74, 6) is 0.0284. The number of hydrogen-bond donors (Lipinski definition) is 11. The molecular weight excluding hydrogens is 1730 g/mol. The van der Waals surface area contributed by atoms with E-state index < -0.39 is 72.6 Å². The number of ether oxygens (including phenoxy) is 8. The Balaban J connectivity index is 0.000000167. The minimum atomic E-state index is -0.975. The molecule has 3 aromatic heterocycles. The number of benzene rings is 5. The number of para-hydroxylation sites is 2. The zero-order chi connectivity index (χ0) is 91.4. The molecule has 0 radical (unpaired) electrons. The predicted molar refractivity (Wildman–Crippen MR) is 474 cm³/mol. The van der Waals surface area contributed by atoms with Crippen molar-refractivity contribution in [3.05, 3.63) is 174 Å². The number of fused-ring (bicyclic) bond motifs is 13. The first-order valence-corrected chi connectivity index (χ1v) is 43.2. The van der Waals surface area contributed by atoms with Gasteiger partial charge in [-0.3, -0.25) is 43.2 Å². The van der Waals surface area contributed by atoms with E-state index in [1.54, 1.807) is 36.1 Å². The number of nitrogens with one attached hydrogen (secondary N) is 8. The number of hydrogen-bond acceptors (Lipinski definition) is 26. The number of azide groups is 2. The zero-order valence-electron chi connectivity index (χ0n) is 73.4. The Hall–Kier alpha value is -13.0. The monoisotopic (exact) mass is 1830 g/mol. The van der Waals surface area contributed by atoms with Gasteiger partial charge in [-0.2, -0.15) is 0 Å². The van der Waals surface area contributed by atoms with Crippen LogP contribution in [-0.2, 0) is 84.7 Å². The van der Waals surface area contributed by atoms with E-state index >= 15 is 0 Å². The number of carboxylic acids is 1. The quantitative estimate of drug-likeness (QED) is 0.00579. The van der Waals surface area contributed by atoms with Crippen molar-refractivity contribution in [1.29, 1.82) is 0 Å². The second-order valence-electron chi connectivity index (χ2n) is 32.5. The van der Waals surface area contributed by atoms with Gasteiger partial charge in [0.25, 0.3) is 5.91 Å². The van der Waals surface area contributed by atoms with Crippen molar-refractivity contribution in [2.75, 3.05) is 99.8 Å². The first kappa shape index (κ1) is 101. The Morgan fingerprint density at radius 3 is 1.54 bits per heavy atom. The molecule has 2 saturated carbocycles. The van der Waals surface area contributed by atoms with Crippen LogP contribution < -0.4 is 69.1 Å². The fraction of sp³-hybridized carbons (Fsp3) is 0.451. The SMILES string of the molecule is CCOC(=O)CN=[N+]=[N-].COC(=O)/C(=C/c1cccc2c1OCC2)N=[N+]=[N-].COC(=O)c1cc2c3c(ccc2[nH]1)CCO3.Cl.O=C(O)c1cc2c3c(ccc2[nH]1)CCO3.O=C1NCC[C@H]1C[C@H](NC(=O)[C@@H]1[C@H]2CCC[C@H]2CN1C(=O)c1cc2c3c(ccc2[nH]1)CCO3)C(=O)CO.O=C1NCC[C@H]1C[C@H](NC(=O)[C@H]1NC[C@@H]2CCC[C@@H]21)C(=O)CO.O=Cc1cccc2c1OCC2.[Li+].[OH-]. The fourth-order valence-electron chi connectivity index (χ4n) is 18.5. The van der Waals surface area contributed by atoms with Crippen LogP contribution in [0, 0.1) is 35.5 Å². The number of methoxy groups -OCH3 is 2. The molecular formula is C91H105ClLiN15O24. The number of aromatic amines is 3. The molecule has 0 spiro atoms. The first-order valence-electron chi connectivity index (χ1n) is 43.2. The summed E-state index contributed by atoms with van der Waals surface area (Å²) in [7, 11) is 2.60. The number of likely N-dealkylation sites (tertiary alicyclic amines) is 1. The maximum Gasteiger partial charge on any atom is 1.00 e. The largest absolute Gasteiger partial charge is 1.00 e. The van der Waals surface area contributed by atoms with Crippen molar-refractivity contribution >= 4 is 122 Å². The van der Waals surface area contributed by atoms with E-state index in [1.807, 2.05) is 66.7 Å². The number of carbonyl (C=O) groups is 12. The van der Waals surface area contributed by atoms with E-state index in [4.69, 9.17) is 45.0 Å². The van der Waals surface area contributed by atoms with Gasteiger partial charge in [-0.05, 0) is 176 Å². The van der Waals surface area contributed by atoms with E-state index in [0.29, 0.717) is 106 Å². The van der Waals surface area contributed by atoms with Gasteiger partial charge in [-0.25, -0.2) is 14.4 Å². The van der Waals surface area contributed by atoms with Crippen molar-refractivity contribution in [3.63, 3.8) is 0 Å². The number of aldehydes is 1. The van der Waals surface area contributed by atoms with Gasteiger partial charge in [-0.15, -0.1) is 12.4 Å². The van der Waals surface area contributed by atoms with Gasteiger partial charge in [0.05, 0.1) is 77.5 Å². The Bertz CT molecular complexity index is 5730. The summed E-state index contributed by atoms with van der Waals surface area (Å²) in [6.07, 6.45) is 14.5. The van der Waals surface area contributed by atoms with E-state index in [1.165, 1.54) is 25.9 Å². The van der Waals surface area contributed by atoms with Gasteiger partial charge in [0.2, 0.25) is 23.6 Å². The van der Waals surface area contributed by atoms with Crippen molar-refractivity contribution in [2.24, 2.45) is 45.7 Å². The third-order valence-electron chi connectivity index (χ3n) is 24.8. The molecule has 10 atom stereocenters. The van der Waals surface area contributed by atoms with Gasteiger partial charge in [-0.1, -0.05) is 71.6 Å². The molecule has 19 rings (SSSR count). The van der Waals surface area contributed by atoms with Crippen LogP contribution in [-0.4, -0.2) is 236 Å². The summed E-state index contributed by atoms with van der Waals surface area (Å²) in [6.45, 7) is 6.26. The van der Waals surface area contributed by atoms with Gasteiger partial charge >= 0.3 is 42.7 Å². The van der Waals surface area contributed by atoms with Gasteiger partial charge < -0.3 is 105 Å². The molecule has 132 heavy (non-hydrogen) atoms. The molecule has 9 aliphatic heterocycles. The van der Waals surface area contributed by atoms with Gasteiger partial charge in [0.1, 0.15) is 77.3 Å². The standard InChI is InChI=1S/C27H32N4O6.C16H25N3O4.C12H11N3O3.C12H11NO3.C11H9NO3.C9H8O2.C4H7N3O2.ClH.Li.H2O/c32-13-22(33)20(10-15-6-8-28-25(15)34)30-26(35)23-17-3-1-2-16(17)12-31(23)27(36)21-11-18-19(29-21)5-4-14-7-9-37-24(14)18;20-8-13(21)12(6-9-4-5-17-15(9)22)19-16(23)14-11-3-1-2-10(11)7-18-14;1-17-12(16)10(14-15-13)7-9-4-2-3-8-5-6-18-11(8)9;1-15-12(14)10-6-8-9(13-10)3-2-7-4-5-16-11(7)8;13-11(14)9-5-7-8(12-9)2-1-6-3-4-15-10(6)7;10-6-8-3-1-2-7-4-5-11-9(7)8;1-2-9-4(8)3-6-7-5;;;/h4-5,11,15-17,20,23,29,32H,1-3,6-10,12-13H2,(H,28,34)(H,30,35);9-12,14,18,20H,1-8H2,(H,17,22)(H,19,23);2-4,7H,5-6H2,1H3;2-3,6,13H,4-5H2,1H3;1-2,5,12H,3-4H2,(H,13,14);1-3,6H,4-5H2;2-3H2,1H3;1H;;1H2/q;;;;;;;;+1;/p-1/b;;10-7-;;;;;;;/t15-,16-,17-,20-,23-;9-,10-,11-,12-,14-;;;;;;;;/m00......../s1. The normalized spacial score (nSPS) is 20.2. The Morgan fingerprint density at radius 1 is 0.591 bits per heavy atom. The molecule has 5 amide bonds. The van der Waals surface area contributed by atoms with Crippen molar-refractivity contribution < 1.29 is 135 Å². The van der Waals surface area contributed by atoms with E-state index in [-0.39, 0.29) is 121 Å². The van der Waals surface area contributed by atoms with Crippen LogP contribution in [0.3, 0.4) is 0 Å². The molecule has 41 heteroatoms. The number of nitrogens with zero attached hydrogens (tertiary/aromatic N) is 7. The molecule has 6 fully saturated rings. The molecule has 696 valence electrons. The molecule has 0 unspecified atom stereocenters. The smallest absolute Gasteiger partial charge is 0.870 e. The third kappa shape index (κ3) is 23.9. The van der Waals surface area contributed by atoms with E-state index in [0.717, 1.165) is 167 Å². The summed E-state index contributed by atoms with van der Waals surface area (Å²) in [5.41, 5.74) is 26.7. The minimum Gasteiger partial charge on any atom is -0.870 e. The summed E-state index contributed by atoms with van der Waals surface area (Å²) < 4.78 is 41.3. The van der Waals surface area contributed by atoms with Crippen LogP contribution in [0.5, 0.6) is 28.7 Å². The Labute approximate surface area is 775 Å². The zero-order valence-corrected chi connectivity index (χ0v) is 74.2. The average molecular weight is 1840 g/mol. The van der Waals surface area contributed by atoms with Gasteiger partial charge in [0.15, 0.2) is 17.9 Å². The van der Waals surface area contributed by atoms with Crippen LogP contribution in [0.15, 0.2) is 107 Å². The van der Waals surface area contributed by atoms with Crippen molar-refractivity contribution in [1.82, 2.24) is 46.4 Å². The second-order valence-corrected chi connectivity index (χ2v) is 32.5. The average Bonchev–Trinajstić information content (AvgIpc) is 1.60. The molecule has 8 aromatic rings. The van der Waals surface area contributed by atoms with Crippen LogP contribution in [0.2, 0.25) is 0 Å². The number of Topliss-reactive ketones (excluding diaryl/α,β-unsaturated/α-hetero) is 2. The number of aromatic nitrogens is 3. The molecule has 12 N–H and O–H groups in total. The van der Waals surface area contributed by atoms with Crippen LogP contribution >= 0.6 is 12.4 Å². The van der Waals surface area contributed by atoms with Crippen molar-refractivity contribution in [3.8, 4) is 28.7 Å². The molecule has 11 aliphatic rings. The first-order chi connectivity index (χ1) is 62.6. The number of carboxylic acid groups (broad SMARTS) is 1. The van der Waals surface area contributed by atoms with Crippen molar-refractivity contribution in [2.45, 2.75) is 127 Å². The summed E-state index contributed by atoms with van der Waals surface area (Å²) in [4.78, 5) is 158. The Kier molecular flexibility index (Phi) is 36.6. The van der Waals surface area contributed by atoms with Crippen LogP contribution in [0.1, 0.15) is 146 Å². The summed E-state index contributed by atoms with van der Waals surface area (Å²) >= 11 is 0. The minimum absolute atomic E-state index is 0. The number of aromatic carboxylic acids is 1.